The van der Waals surface area contributed by atoms with Crippen molar-refractivity contribution >= 4 is 21.6 Å². The number of carbonyl (C=O) groups is 1. The fraction of sp³-hybridized carbons (Fsp3) is 0.278. The highest BCUT2D eigenvalue weighted by molar-refractivity contribution is 7.89. The van der Waals surface area contributed by atoms with Gasteiger partial charge in [0.25, 0.3) is 5.91 Å². The normalized spacial score (nSPS) is 14.3. The highest BCUT2D eigenvalue weighted by Crippen LogP contribution is 2.24. The average Bonchev–Trinajstić information content (AvgIpc) is 3.38. The zero-order valence-corrected chi connectivity index (χ0v) is 14.6. The van der Waals surface area contributed by atoms with Crippen molar-refractivity contribution in [1.82, 2.24) is 4.72 Å². The van der Waals surface area contributed by atoms with Crippen molar-refractivity contribution in [1.29, 1.82) is 0 Å². The van der Waals surface area contributed by atoms with E-state index in [4.69, 9.17) is 0 Å². The Bertz CT molecular complexity index is 908. The highest BCUT2D eigenvalue weighted by atomic mass is 32.2. The summed E-state index contributed by atoms with van der Waals surface area (Å²) in [4.78, 5) is 11.9. The first kappa shape index (κ1) is 17.6. The molecule has 0 radical (unpaired) electrons. The monoisotopic (exact) mass is 362 g/mol. The quantitative estimate of drug-likeness (QED) is 0.829. The Kier molecular flexibility index (Phi) is 4.87. The molecule has 5 nitrogen and oxygen atoms in total. The molecule has 1 fully saturated rings. The molecule has 1 aliphatic rings. The first-order valence-corrected chi connectivity index (χ1v) is 9.59. The second-order valence-corrected chi connectivity index (χ2v) is 7.73. The number of halogens is 1. The van der Waals surface area contributed by atoms with Gasteiger partial charge >= 0.3 is 0 Å². The average molecular weight is 362 g/mol. The van der Waals surface area contributed by atoms with Crippen LogP contribution in [0.25, 0.3) is 0 Å². The highest BCUT2D eigenvalue weighted by Gasteiger charge is 2.30. The van der Waals surface area contributed by atoms with Crippen LogP contribution in [0.2, 0.25) is 0 Å². The predicted molar refractivity (Wildman–Crippen MR) is 93.5 cm³/mol. The number of hydrogen-bond acceptors (Lipinski definition) is 3. The van der Waals surface area contributed by atoms with E-state index < -0.39 is 26.6 Å². The summed E-state index contributed by atoms with van der Waals surface area (Å²) in [5.74, 6) is -1.37. The molecule has 2 aromatic rings. The summed E-state index contributed by atoms with van der Waals surface area (Å²) < 4.78 is 40.9. The number of rotatable bonds is 6. The zero-order chi connectivity index (χ0) is 18.0. The number of aryl methyl sites for hydroxylation is 1. The van der Waals surface area contributed by atoms with Crippen molar-refractivity contribution < 1.29 is 17.6 Å². The molecule has 1 saturated carbocycles. The van der Waals surface area contributed by atoms with Crippen LogP contribution < -0.4 is 10.0 Å². The molecule has 0 aromatic heterocycles. The molecule has 25 heavy (non-hydrogen) atoms. The van der Waals surface area contributed by atoms with Crippen LogP contribution >= 0.6 is 0 Å². The maximum absolute atomic E-state index is 14.0. The number of amides is 1. The van der Waals surface area contributed by atoms with Gasteiger partial charge in [0.15, 0.2) is 0 Å². The van der Waals surface area contributed by atoms with Crippen molar-refractivity contribution in [3.8, 4) is 0 Å². The Morgan fingerprint density at radius 2 is 1.96 bits per heavy atom. The molecule has 0 atom stereocenters. The van der Waals surface area contributed by atoms with Crippen LogP contribution in [0.1, 0.15) is 35.7 Å². The fourth-order valence-electron chi connectivity index (χ4n) is 2.41. The molecule has 0 spiro atoms. The van der Waals surface area contributed by atoms with Gasteiger partial charge in [-0.25, -0.2) is 17.5 Å². The second kappa shape index (κ2) is 6.93. The van der Waals surface area contributed by atoms with E-state index in [0.717, 1.165) is 37.0 Å². The van der Waals surface area contributed by atoms with Crippen LogP contribution in [-0.4, -0.2) is 20.4 Å². The smallest absolute Gasteiger partial charge is 0.255 e. The predicted octanol–water partition coefficient (Wildman–Crippen LogP) is 3.08. The summed E-state index contributed by atoms with van der Waals surface area (Å²) in [7, 11) is -3.97. The molecule has 0 unspecified atom stereocenters. The number of anilines is 1. The lowest BCUT2D eigenvalue weighted by Gasteiger charge is -2.10. The summed E-state index contributed by atoms with van der Waals surface area (Å²) in [6.45, 7) is 2.00. The van der Waals surface area contributed by atoms with E-state index in [9.17, 15) is 17.6 Å². The Labute approximate surface area is 146 Å². The minimum atomic E-state index is -3.97. The van der Waals surface area contributed by atoms with Crippen LogP contribution in [0.3, 0.4) is 0 Å². The fourth-order valence-corrected chi connectivity index (χ4v) is 3.82. The molecular formula is C18H19FN2O3S. The third-order valence-electron chi connectivity index (χ3n) is 3.98. The minimum Gasteiger partial charge on any atom is -0.322 e. The van der Waals surface area contributed by atoms with Gasteiger partial charge in [-0.15, -0.1) is 0 Å². The SMILES string of the molecule is CCc1cccc(NC(=O)c2ccc(F)c(S(=O)(=O)NC3CC3)c2)c1. The van der Waals surface area contributed by atoms with Gasteiger partial charge in [-0.3, -0.25) is 4.79 Å². The Hall–Kier alpha value is -2.25. The molecule has 7 heteroatoms. The third kappa shape index (κ3) is 4.24. The maximum atomic E-state index is 14.0. The molecule has 0 heterocycles. The Morgan fingerprint density at radius 1 is 1.20 bits per heavy atom. The van der Waals surface area contributed by atoms with Gasteiger partial charge < -0.3 is 5.32 Å². The van der Waals surface area contributed by atoms with Crippen molar-refractivity contribution in [2.75, 3.05) is 5.32 Å². The van der Waals surface area contributed by atoms with E-state index in [1.807, 2.05) is 25.1 Å². The van der Waals surface area contributed by atoms with Gasteiger partial charge in [0.05, 0.1) is 0 Å². The molecule has 2 aromatic carbocycles. The molecule has 1 aliphatic carbocycles. The number of nitrogens with one attached hydrogen (secondary N) is 2. The van der Waals surface area contributed by atoms with Gasteiger partial charge in [-0.05, 0) is 55.2 Å². The molecule has 132 valence electrons. The van der Waals surface area contributed by atoms with Gasteiger partial charge in [-0.2, -0.15) is 0 Å². The number of hydrogen-bond donors (Lipinski definition) is 2. The Morgan fingerprint density at radius 3 is 2.64 bits per heavy atom. The maximum Gasteiger partial charge on any atom is 0.255 e. The number of carbonyl (C=O) groups excluding carboxylic acids is 1. The summed E-state index contributed by atoms with van der Waals surface area (Å²) in [5.41, 5.74) is 1.75. The zero-order valence-electron chi connectivity index (χ0n) is 13.8. The van der Waals surface area contributed by atoms with E-state index in [-0.39, 0.29) is 11.6 Å². The molecule has 0 bridgehead atoms. The summed E-state index contributed by atoms with van der Waals surface area (Å²) in [6, 6.07) is 10.6. The molecular weight excluding hydrogens is 343 g/mol. The largest absolute Gasteiger partial charge is 0.322 e. The van der Waals surface area contributed by atoms with E-state index in [0.29, 0.717) is 5.69 Å². The second-order valence-electron chi connectivity index (χ2n) is 6.05. The van der Waals surface area contributed by atoms with Gasteiger partial charge in [-0.1, -0.05) is 19.1 Å². The van der Waals surface area contributed by atoms with Crippen LogP contribution in [0, 0.1) is 5.82 Å². The van der Waals surface area contributed by atoms with Gasteiger partial charge in [0.1, 0.15) is 10.7 Å². The Balaban J connectivity index is 1.84. The van der Waals surface area contributed by atoms with E-state index in [1.165, 1.54) is 6.07 Å². The van der Waals surface area contributed by atoms with Gasteiger partial charge in [0, 0.05) is 17.3 Å². The minimum absolute atomic E-state index is 0.0828. The van der Waals surface area contributed by atoms with Crippen LogP contribution in [0.4, 0.5) is 10.1 Å². The molecule has 1 amide bonds. The van der Waals surface area contributed by atoms with Crippen LogP contribution in [0.15, 0.2) is 47.4 Å². The number of sulfonamides is 1. The molecule has 3 rings (SSSR count). The molecule has 0 saturated heterocycles. The van der Waals surface area contributed by atoms with Crippen molar-refractivity contribution in [2.45, 2.75) is 37.1 Å². The van der Waals surface area contributed by atoms with Crippen molar-refractivity contribution in [2.24, 2.45) is 0 Å². The standard InChI is InChI=1S/C18H19FN2O3S/c1-2-12-4-3-5-15(10-12)20-18(22)13-6-9-16(19)17(11-13)25(23,24)21-14-7-8-14/h3-6,9-11,14,21H,2,7-8H2,1H3,(H,20,22). The van der Waals surface area contributed by atoms with E-state index in [1.54, 1.807) is 6.07 Å². The van der Waals surface area contributed by atoms with Crippen LogP contribution in [-0.2, 0) is 16.4 Å². The topological polar surface area (TPSA) is 75.3 Å². The van der Waals surface area contributed by atoms with Crippen molar-refractivity contribution in [3.05, 3.63) is 59.4 Å². The summed E-state index contributed by atoms with van der Waals surface area (Å²) in [6.07, 6.45) is 2.32. The number of benzene rings is 2. The van der Waals surface area contributed by atoms with Crippen molar-refractivity contribution in [3.63, 3.8) is 0 Å². The molecule has 0 aliphatic heterocycles. The van der Waals surface area contributed by atoms with E-state index >= 15 is 0 Å². The first-order valence-electron chi connectivity index (χ1n) is 8.11. The lowest BCUT2D eigenvalue weighted by molar-refractivity contribution is 0.102. The summed E-state index contributed by atoms with van der Waals surface area (Å²) >= 11 is 0. The molecule has 2 N–H and O–H groups in total. The van der Waals surface area contributed by atoms with E-state index in [2.05, 4.69) is 10.0 Å². The van der Waals surface area contributed by atoms with Crippen LogP contribution in [0.5, 0.6) is 0 Å². The first-order chi connectivity index (χ1) is 11.9. The van der Waals surface area contributed by atoms with Gasteiger partial charge in [0.2, 0.25) is 10.0 Å². The lowest BCUT2D eigenvalue weighted by atomic mass is 10.1. The lowest BCUT2D eigenvalue weighted by Crippen LogP contribution is -2.27. The summed E-state index contributed by atoms with van der Waals surface area (Å²) in [5, 5.41) is 2.71. The third-order valence-corrected chi connectivity index (χ3v) is 5.51.